The van der Waals surface area contributed by atoms with Crippen LogP contribution in [0.25, 0.3) is 11.1 Å². The molecule has 0 aliphatic rings. The number of nitrogens with one attached hydrogen (secondary N) is 1. The third-order valence-corrected chi connectivity index (χ3v) is 4.71. The SMILES string of the molecule is O=C(COc1ccccc1-c1ccccc1)NCCSCc1ccco1. The minimum absolute atomic E-state index is 0.00664. The van der Waals surface area contributed by atoms with Gasteiger partial charge in [-0.1, -0.05) is 48.5 Å². The predicted molar refractivity (Wildman–Crippen MR) is 105 cm³/mol. The van der Waals surface area contributed by atoms with Crippen molar-refractivity contribution >= 4 is 17.7 Å². The first kappa shape index (κ1) is 18.1. The average Bonchev–Trinajstić information content (AvgIpc) is 3.20. The van der Waals surface area contributed by atoms with Crippen molar-refractivity contribution < 1.29 is 13.9 Å². The van der Waals surface area contributed by atoms with E-state index in [9.17, 15) is 4.79 Å². The molecule has 134 valence electrons. The Balaban J connectivity index is 1.42. The quantitative estimate of drug-likeness (QED) is 0.571. The van der Waals surface area contributed by atoms with E-state index in [1.807, 2.05) is 66.7 Å². The lowest BCUT2D eigenvalue weighted by Crippen LogP contribution is -2.30. The highest BCUT2D eigenvalue weighted by Gasteiger charge is 2.08. The van der Waals surface area contributed by atoms with E-state index in [1.54, 1.807) is 18.0 Å². The number of rotatable bonds is 9. The fourth-order valence-corrected chi connectivity index (χ4v) is 3.23. The van der Waals surface area contributed by atoms with Crippen LogP contribution in [0.4, 0.5) is 0 Å². The summed E-state index contributed by atoms with van der Waals surface area (Å²) in [5.74, 6) is 3.17. The Labute approximate surface area is 157 Å². The highest BCUT2D eigenvalue weighted by molar-refractivity contribution is 7.98. The van der Waals surface area contributed by atoms with Gasteiger partial charge >= 0.3 is 0 Å². The van der Waals surface area contributed by atoms with E-state index >= 15 is 0 Å². The van der Waals surface area contributed by atoms with Crippen molar-refractivity contribution in [1.82, 2.24) is 5.32 Å². The van der Waals surface area contributed by atoms with Crippen LogP contribution in [0.15, 0.2) is 77.4 Å². The molecule has 0 spiro atoms. The fraction of sp³-hybridized carbons (Fsp3) is 0.190. The first-order valence-corrected chi connectivity index (χ1v) is 9.62. The van der Waals surface area contributed by atoms with Crippen molar-refractivity contribution in [1.29, 1.82) is 0 Å². The number of thioether (sulfide) groups is 1. The minimum Gasteiger partial charge on any atom is -0.483 e. The second kappa shape index (κ2) is 9.73. The van der Waals surface area contributed by atoms with Crippen LogP contribution >= 0.6 is 11.8 Å². The maximum Gasteiger partial charge on any atom is 0.257 e. The van der Waals surface area contributed by atoms with Gasteiger partial charge in [0.15, 0.2) is 6.61 Å². The lowest BCUT2D eigenvalue weighted by molar-refractivity contribution is -0.122. The van der Waals surface area contributed by atoms with Crippen LogP contribution in [0, 0.1) is 0 Å². The summed E-state index contributed by atoms with van der Waals surface area (Å²) < 4.78 is 11.0. The molecule has 3 rings (SSSR count). The molecule has 0 fully saturated rings. The van der Waals surface area contributed by atoms with Gasteiger partial charge in [-0.25, -0.2) is 0 Å². The second-order valence-corrected chi connectivity index (χ2v) is 6.74. The molecule has 1 amide bonds. The Hall–Kier alpha value is -2.66. The fourth-order valence-electron chi connectivity index (χ4n) is 2.47. The minimum atomic E-state index is -0.119. The third-order valence-electron chi connectivity index (χ3n) is 3.72. The van der Waals surface area contributed by atoms with Crippen molar-refractivity contribution in [3.8, 4) is 16.9 Å². The zero-order chi connectivity index (χ0) is 18.0. The normalized spacial score (nSPS) is 10.5. The molecule has 1 aromatic heterocycles. The van der Waals surface area contributed by atoms with E-state index in [4.69, 9.17) is 9.15 Å². The summed E-state index contributed by atoms with van der Waals surface area (Å²) in [7, 11) is 0. The van der Waals surface area contributed by atoms with Crippen molar-refractivity contribution in [2.24, 2.45) is 0 Å². The lowest BCUT2D eigenvalue weighted by atomic mass is 10.1. The Morgan fingerprint density at radius 3 is 2.62 bits per heavy atom. The maximum atomic E-state index is 12.0. The van der Waals surface area contributed by atoms with Crippen molar-refractivity contribution in [2.75, 3.05) is 18.9 Å². The van der Waals surface area contributed by atoms with Crippen LogP contribution in [0.5, 0.6) is 5.75 Å². The molecule has 26 heavy (non-hydrogen) atoms. The van der Waals surface area contributed by atoms with Gasteiger partial charge in [0, 0.05) is 17.9 Å². The zero-order valence-electron chi connectivity index (χ0n) is 14.4. The number of furan rings is 1. The monoisotopic (exact) mass is 367 g/mol. The highest BCUT2D eigenvalue weighted by Crippen LogP contribution is 2.29. The number of benzene rings is 2. The number of carbonyl (C=O) groups excluding carboxylic acids is 1. The summed E-state index contributed by atoms with van der Waals surface area (Å²) in [6, 6.07) is 21.6. The van der Waals surface area contributed by atoms with Gasteiger partial charge in [0.2, 0.25) is 0 Å². The molecule has 0 saturated heterocycles. The van der Waals surface area contributed by atoms with E-state index in [2.05, 4.69) is 5.32 Å². The van der Waals surface area contributed by atoms with E-state index in [1.165, 1.54) is 0 Å². The Morgan fingerprint density at radius 1 is 1.00 bits per heavy atom. The van der Waals surface area contributed by atoms with Gasteiger partial charge in [-0.15, -0.1) is 0 Å². The lowest BCUT2D eigenvalue weighted by Gasteiger charge is -2.11. The Morgan fingerprint density at radius 2 is 1.81 bits per heavy atom. The van der Waals surface area contributed by atoms with Crippen LogP contribution < -0.4 is 10.1 Å². The van der Waals surface area contributed by atoms with Gasteiger partial charge in [0.1, 0.15) is 11.5 Å². The van der Waals surface area contributed by atoms with Crippen LogP contribution in [-0.2, 0) is 10.5 Å². The van der Waals surface area contributed by atoms with Gasteiger partial charge in [-0.3, -0.25) is 4.79 Å². The van der Waals surface area contributed by atoms with Crippen molar-refractivity contribution in [3.63, 3.8) is 0 Å². The zero-order valence-corrected chi connectivity index (χ0v) is 15.2. The van der Waals surface area contributed by atoms with Gasteiger partial charge < -0.3 is 14.5 Å². The number of para-hydroxylation sites is 1. The molecule has 0 unspecified atom stereocenters. The van der Waals surface area contributed by atoms with Crippen LogP contribution in [0.2, 0.25) is 0 Å². The summed E-state index contributed by atoms with van der Waals surface area (Å²) in [5, 5.41) is 2.88. The van der Waals surface area contributed by atoms with Gasteiger partial charge in [-0.05, 0) is 23.8 Å². The summed E-state index contributed by atoms with van der Waals surface area (Å²) in [5.41, 5.74) is 2.05. The Bertz CT molecular complexity index is 803. The van der Waals surface area contributed by atoms with Gasteiger partial charge in [0.25, 0.3) is 5.91 Å². The summed E-state index contributed by atoms with van der Waals surface area (Å²) >= 11 is 1.72. The molecule has 5 heteroatoms. The molecule has 3 aromatic rings. The van der Waals surface area contributed by atoms with E-state index in [0.717, 1.165) is 28.4 Å². The molecule has 0 atom stereocenters. The molecule has 0 bridgehead atoms. The molecule has 1 heterocycles. The Kier molecular flexibility index (Phi) is 6.79. The van der Waals surface area contributed by atoms with Crippen LogP contribution in [0.3, 0.4) is 0 Å². The second-order valence-electron chi connectivity index (χ2n) is 5.63. The van der Waals surface area contributed by atoms with Crippen molar-refractivity contribution in [2.45, 2.75) is 5.75 Å². The molecular weight excluding hydrogens is 346 g/mol. The number of carbonyl (C=O) groups is 1. The number of amides is 1. The highest BCUT2D eigenvalue weighted by atomic mass is 32.2. The third kappa shape index (κ3) is 5.43. The average molecular weight is 367 g/mol. The summed E-state index contributed by atoms with van der Waals surface area (Å²) in [4.78, 5) is 12.0. The molecule has 0 aliphatic heterocycles. The van der Waals surface area contributed by atoms with Gasteiger partial charge in [0.05, 0.1) is 12.0 Å². The first-order valence-electron chi connectivity index (χ1n) is 8.47. The van der Waals surface area contributed by atoms with E-state index < -0.39 is 0 Å². The molecule has 0 saturated carbocycles. The van der Waals surface area contributed by atoms with Crippen molar-refractivity contribution in [3.05, 3.63) is 78.8 Å². The first-order chi connectivity index (χ1) is 12.8. The standard InChI is InChI=1S/C21H21NO3S/c23-21(22-12-14-26-16-18-9-6-13-24-18)15-25-20-11-5-4-10-19(20)17-7-2-1-3-8-17/h1-11,13H,12,14-16H2,(H,22,23). The summed E-state index contributed by atoms with van der Waals surface area (Å²) in [6.45, 7) is 0.612. The molecule has 0 aliphatic carbocycles. The molecule has 4 nitrogen and oxygen atoms in total. The van der Waals surface area contributed by atoms with Crippen LogP contribution in [0.1, 0.15) is 5.76 Å². The smallest absolute Gasteiger partial charge is 0.257 e. The molecule has 0 radical (unpaired) electrons. The van der Waals surface area contributed by atoms with Crippen LogP contribution in [-0.4, -0.2) is 24.8 Å². The predicted octanol–water partition coefficient (Wildman–Crippen LogP) is 4.38. The number of hydrogen-bond acceptors (Lipinski definition) is 4. The topological polar surface area (TPSA) is 51.5 Å². The van der Waals surface area contributed by atoms with E-state index in [-0.39, 0.29) is 12.5 Å². The van der Waals surface area contributed by atoms with E-state index in [0.29, 0.717) is 12.3 Å². The molecule has 2 aromatic carbocycles. The molecule has 1 N–H and O–H groups in total. The van der Waals surface area contributed by atoms with Gasteiger partial charge in [-0.2, -0.15) is 11.8 Å². The number of ether oxygens (including phenoxy) is 1. The molecular formula is C21H21NO3S. The number of hydrogen-bond donors (Lipinski definition) is 1. The largest absolute Gasteiger partial charge is 0.483 e. The maximum absolute atomic E-state index is 12.0. The summed E-state index contributed by atoms with van der Waals surface area (Å²) in [6.07, 6.45) is 1.67.